The molecule has 0 aliphatic carbocycles. The molecule has 0 saturated heterocycles. The molecule has 4 rings (SSSR count). The normalized spacial score (nSPS) is 11.1. The Hall–Kier alpha value is -4.45. The third-order valence-corrected chi connectivity index (χ3v) is 5.73. The van der Waals surface area contributed by atoms with E-state index in [-0.39, 0.29) is 17.7 Å². The molecule has 0 fully saturated rings. The zero-order valence-electron chi connectivity index (χ0n) is 21.0. The summed E-state index contributed by atoms with van der Waals surface area (Å²) < 4.78 is 108. The van der Waals surface area contributed by atoms with E-state index in [1.54, 1.807) is 12.1 Å². The monoisotopic (exact) mass is 558 g/mol. The highest BCUT2D eigenvalue weighted by Crippen LogP contribution is 2.37. The van der Waals surface area contributed by atoms with Gasteiger partial charge >= 0.3 is 6.11 Å². The Morgan fingerprint density at radius 3 is 1.70 bits per heavy atom. The van der Waals surface area contributed by atoms with E-state index in [1.165, 1.54) is 12.1 Å². The molecule has 40 heavy (non-hydrogen) atoms. The van der Waals surface area contributed by atoms with Gasteiger partial charge in [-0.25, -0.2) is 22.0 Å². The average molecular weight is 558 g/mol. The number of hydrogen-bond acceptors (Lipinski definition) is 2. The molecule has 0 spiro atoms. The minimum Gasteiger partial charge on any atom is -0.494 e. The Balaban J connectivity index is 1.49. The fourth-order valence-electron chi connectivity index (χ4n) is 3.67. The second-order valence-electron chi connectivity index (χ2n) is 8.69. The average Bonchev–Trinajstić information content (AvgIpc) is 2.91. The number of unbranched alkanes of at least 4 members (excludes halogenated alkanes) is 1. The van der Waals surface area contributed by atoms with Crippen molar-refractivity contribution in [1.29, 1.82) is 0 Å². The fraction of sp³-hybridized carbons (Fsp3) is 0.161. The van der Waals surface area contributed by atoms with Gasteiger partial charge in [-0.3, -0.25) is 0 Å². The predicted molar refractivity (Wildman–Crippen MR) is 135 cm³/mol. The maximum Gasteiger partial charge on any atom is 0.432 e. The first-order valence-corrected chi connectivity index (χ1v) is 12.1. The van der Waals surface area contributed by atoms with Gasteiger partial charge in [-0.05, 0) is 66.1 Å². The quantitative estimate of drug-likeness (QED) is 0.0932. The van der Waals surface area contributed by atoms with Crippen molar-refractivity contribution in [3.05, 3.63) is 119 Å². The van der Waals surface area contributed by atoms with Gasteiger partial charge in [-0.15, -0.1) is 0 Å². The van der Waals surface area contributed by atoms with Crippen LogP contribution in [-0.2, 0) is 6.11 Å². The van der Waals surface area contributed by atoms with Crippen molar-refractivity contribution in [1.82, 2.24) is 0 Å². The summed E-state index contributed by atoms with van der Waals surface area (Å²) in [6.07, 6.45) is -2.67. The van der Waals surface area contributed by atoms with Gasteiger partial charge < -0.3 is 9.47 Å². The number of ether oxygens (including phenoxy) is 2. The lowest BCUT2D eigenvalue weighted by Gasteiger charge is -2.20. The first-order chi connectivity index (χ1) is 19.1. The smallest absolute Gasteiger partial charge is 0.432 e. The standard InChI is InChI=1S/C31H21F7O2/c1-2-3-14-39-23-12-8-20(9-13-23)5-4-19-6-10-21(11-7-19)22-15-25(32)29(26(33)16-22)31(37,38)40-24-17-27(34)30(36)28(35)18-24/h6-13,15-18H,2-3,14H2,1H3. The van der Waals surface area contributed by atoms with E-state index >= 15 is 0 Å². The minimum atomic E-state index is -4.66. The van der Waals surface area contributed by atoms with Crippen LogP contribution in [0.15, 0.2) is 72.8 Å². The van der Waals surface area contributed by atoms with Crippen molar-refractivity contribution < 1.29 is 40.2 Å². The van der Waals surface area contributed by atoms with E-state index in [4.69, 9.17) is 4.74 Å². The Bertz CT molecular complexity index is 1510. The topological polar surface area (TPSA) is 18.5 Å². The maximum absolute atomic E-state index is 14.7. The Morgan fingerprint density at radius 2 is 1.18 bits per heavy atom. The van der Waals surface area contributed by atoms with Crippen LogP contribution in [0.25, 0.3) is 11.1 Å². The number of rotatable bonds is 8. The lowest BCUT2D eigenvalue weighted by atomic mass is 10.0. The Kier molecular flexibility index (Phi) is 8.68. The molecule has 0 N–H and O–H groups in total. The highest BCUT2D eigenvalue weighted by molar-refractivity contribution is 5.65. The van der Waals surface area contributed by atoms with Crippen LogP contribution in [0.1, 0.15) is 36.5 Å². The van der Waals surface area contributed by atoms with Crippen LogP contribution in [-0.4, -0.2) is 6.61 Å². The second-order valence-corrected chi connectivity index (χ2v) is 8.69. The highest BCUT2D eigenvalue weighted by atomic mass is 19.3. The summed E-state index contributed by atoms with van der Waals surface area (Å²) in [6.45, 7) is 2.71. The molecule has 0 saturated carbocycles. The number of benzene rings is 4. The van der Waals surface area contributed by atoms with E-state index in [1.807, 2.05) is 24.3 Å². The first-order valence-electron chi connectivity index (χ1n) is 12.1. The van der Waals surface area contributed by atoms with Crippen molar-refractivity contribution in [3.8, 4) is 34.5 Å². The van der Waals surface area contributed by atoms with Crippen LogP contribution in [0.3, 0.4) is 0 Å². The van der Waals surface area contributed by atoms with Crippen molar-refractivity contribution in [2.45, 2.75) is 25.9 Å². The molecular weight excluding hydrogens is 537 g/mol. The highest BCUT2D eigenvalue weighted by Gasteiger charge is 2.41. The van der Waals surface area contributed by atoms with Crippen molar-refractivity contribution >= 4 is 0 Å². The van der Waals surface area contributed by atoms with Crippen molar-refractivity contribution in [2.75, 3.05) is 6.61 Å². The van der Waals surface area contributed by atoms with Gasteiger partial charge in [0.05, 0.1) is 6.61 Å². The number of alkyl halides is 2. The third kappa shape index (κ3) is 6.75. The van der Waals surface area contributed by atoms with Gasteiger partial charge in [0, 0.05) is 23.3 Å². The Labute approximate surface area is 226 Å². The molecule has 0 aliphatic heterocycles. The van der Waals surface area contributed by atoms with Crippen LogP contribution in [0.2, 0.25) is 0 Å². The van der Waals surface area contributed by atoms with E-state index in [0.29, 0.717) is 29.9 Å². The predicted octanol–water partition coefficient (Wildman–Crippen LogP) is 8.76. The van der Waals surface area contributed by atoms with Crippen LogP contribution in [0.4, 0.5) is 30.7 Å². The molecule has 0 aliphatic rings. The summed E-state index contributed by atoms with van der Waals surface area (Å²) in [5, 5.41) is 0. The van der Waals surface area contributed by atoms with Crippen LogP contribution in [0.5, 0.6) is 11.5 Å². The second kappa shape index (κ2) is 12.2. The lowest BCUT2D eigenvalue weighted by molar-refractivity contribution is -0.189. The Morgan fingerprint density at radius 1 is 0.650 bits per heavy atom. The van der Waals surface area contributed by atoms with Gasteiger partial charge in [0.1, 0.15) is 28.7 Å². The zero-order chi connectivity index (χ0) is 28.9. The van der Waals surface area contributed by atoms with Gasteiger partial charge in [0.25, 0.3) is 0 Å². The molecule has 4 aromatic carbocycles. The van der Waals surface area contributed by atoms with Crippen LogP contribution < -0.4 is 9.47 Å². The zero-order valence-corrected chi connectivity index (χ0v) is 21.0. The van der Waals surface area contributed by atoms with Gasteiger partial charge in [-0.2, -0.15) is 8.78 Å². The minimum absolute atomic E-state index is 0.0495. The molecule has 206 valence electrons. The van der Waals surface area contributed by atoms with Gasteiger partial charge in [0.2, 0.25) is 0 Å². The van der Waals surface area contributed by atoms with E-state index in [0.717, 1.165) is 24.2 Å². The maximum atomic E-state index is 14.7. The molecule has 0 bridgehead atoms. The van der Waals surface area contributed by atoms with Crippen LogP contribution >= 0.6 is 0 Å². The largest absolute Gasteiger partial charge is 0.494 e. The molecule has 0 amide bonds. The molecule has 2 nitrogen and oxygen atoms in total. The molecule has 0 radical (unpaired) electrons. The lowest BCUT2D eigenvalue weighted by Crippen LogP contribution is -2.25. The van der Waals surface area contributed by atoms with E-state index in [2.05, 4.69) is 23.5 Å². The summed E-state index contributed by atoms with van der Waals surface area (Å²) in [6, 6.07) is 15.1. The van der Waals surface area contributed by atoms with Gasteiger partial charge in [0.15, 0.2) is 17.5 Å². The van der Waals surface area contributed by atoms with E-state index in [9.17, 15) is 30.7 Å². The van der Waals surface area contributed by atoms with E-state index < -0.39 is 46.5 Å². The van der Waals surface area contributed by atoms with Crippen molar-refractivity contribution in [2.24, 2.45) is 0 Å². The SMILES string of the molecule is CCCCOc1ccc(C#Cc2ccc(-c3cc(F)c(C(F)(F)Oc4cc(F)c(F)c(F)c4)c(F)c3)cc2)cc1. The molecule has 9 heteroatoms. The summed E-state index contributed by atoms with van der Waals surface area (Å²) in [5.41, 5.74) is -0.156. The summed E-state index contributed by atoms with van der Waals surface area (Å²) >= 11 is 0. The fourth-order valence-corrected chi connectivity index (χ4v) is 3.67. The summed E-state index contributed by atoms with van der Waals surface area (Å²) in [5.74, 6) is -3.28. The van der Waals surface area contributed by atoms with Crippen LogP contribution in [0, 0.1) is 40.9 Å². The first kappa shape index (κ1) is 28.6. The summed E-state index contributed by atoms with van der Waals surface area (Å²) in [7, 11) is 0. The third-order valence-electron chi connectivity index (χ3n) is 5.73. The molecular formula is C31H21F7O2. The molecule has 0 aromatic heterocycles. The molecule has 0 unspecified atom stereocenters. The molecule has 0 heterocycles. The van der Waals surface area contributed by atoms with Crippen molar-refractivity contribution in [3.63, 3.8) is 0 Å². The number of halogens is 7. The summed E-state index contributed by atoms with van der Waals surface area (Å²) in [4.78, 5) is 0. The molecule has 0 atom stereocenters. The molecule has 4 aromatic rings. The number of hydrogen-bond donors (Lipinski definition) is 0. The van der Waals surface area contributed by atoms with Gasteiger partial charge in [-0.1, -0.05) is 37.3 Å².